The first-order chi connectivity index (χ1) is 10.1. The third kappa shape index (κ3) is 2.21. The van der Waals surface area contributed by atoms with Gasteiger partial charge in [0.1, 0.15) is 0 Å². The maximum Gasteiger partial charge on any atom is 0.260 e. The van der Waals surface area contributed by atoms with E-state index in [1.54, 1.807) is 19.1 Å². The molecule has 5 nitrogen and oxygen atoms in total. The highest BCUT2D eigenvalue weighted by Crippen LogP contribution is 2.36. The molecule has 104 valence electrons. The van der Waals surface area contributed by atoms with E-state index in [9.17, 15) is 0 Å². The molecule has 0 aliphatic heterocycles. The first-order valence-corrected chi connectivity index (χ1v) is 6.60. The smallest absolute Gasteiger partial charge is 0.260 e. The van der Waals surface area contributed by atoms with Crippen molar-refractivity contribution < 1.29 is 4.52 Å². The minimum absolute atomic E-state index is 0.508. The average Bonchev–Trinajstić information content (AvgIpc) is 3.02. The molecule has 1 aromatic carbocycles. The SMILES string of the molecule is Cc1noc(-c2c(C)[nH]c(C)c2-c2ccc(C#N)cc2)n1. The van der Waals surface area contributed by atoms with Gasteiger partial charge in [-0.2, -0.15) is 10.2 Å². The second-order valence-electron chi connectivity index (χ2n) is 4.96. The van der Waals surface area contributed by atoms with Crippen LogP contribution in [-0.4, -0.2) is 15.1 Å². The molecule has 0 radical (unpaired) electrons. The van der Waals surface area contributed by atoms with Gasteiger partial charge in [0.2, 0.25) is 0 Å². The molecule has 0 bridgehead atoms. The van der Waals surface area contributed by atoms with Gasteiger partial charge in [-0.1, -0.05) is 17.3 Å². The fourth-order valence-electron chi connectivity index (χ4n) is 2.52. The summed E-state index contributed by atoms with van der Waals surface area (Å²) in [5.41, 5.74) is 5.61. The zero-order valence-corrected chi connectivity index (χ0v) is 12.1. The van der Waals surface area contributed by atoms with Gasteiger partial charge in [-0.05, 0) is 38.5 Å². The van der Waals surface area contributed by atoms with E-state index in [1.807, 2.05) is 26.0 Å². The Morgan fingerprint density at radius 1 is 1.05 bits per heavy atom. The second-order valence-corrected chi connectivity index (χ2v) is 4.96. The summed E-state index contributed by atoms with van der Waals surface area (Å²) >= 11 is 0. The number of hydrogen-bond acceptors (Lipinski definition) is 4. The number of rotatable bonds is 2. The number of H-pyrrole nitrogens is 1. The van der Waals surface area contributed by atoms with Gasteiger partial charge in [-0.25, -0.2) is 0 Å². The fraction of sp³-hybridized carbons (Fsp3) is 0.188. The number of nitriles is 1. The van der Waals surface area contributed by atoms with Crippen molar-refractivity contribution >= 4 is 0 Å². The number of aryl methyl sites for hydroxylation is 3. The largest absolute Gasteiger partial charge is 0.362 e. The van der Waals surface area contributed by atoms with E-state index in [-0.39, 0.29) is 0 Å². The van der Waals surface area contributed by atoms with Gasteiger partial charge in [-0.3, -0.25) is 0 Å². The van der Waals surface area contributed by atoms with Gasteiger partial charge >= 0.3 is 0 Å². The van der Waals surface area contributed by atoms with Crippen molar-refractivity contribution in [3.05, 3.63) is 47.0 Å². The lowest BCUT2D eigenvalue weighted by molar-refractivity contribution is 0.425. The molecule has 3 rings (SSSR count). The number of aromatic nitrogens is 3. The number of nitrogens with one attached hydrogen (secondary N) is 1. The summed E-state index contributed by atoms with van der Waals surface area (Å²) in [5, 5.41) is 12.8. The maximum absolute atomic E-state index is 8.90. The summed E-state index contributed by atoms with van der Waals surface area (Å²) in [7, 11) is 0. The third-order valence-electron chi connectivity index (χ3n) is 3.42. The number of benzene rings is 1. The molecule has 0 aliphatic carbocycles. The topological polar surface area (TPSA) is 78.5 Å². The number of aromatic amines is 1. The molecule has 1 N–H and O–H groups in total. The van der Waals surface area contributed by atoms with E-state index in [0.717, 1.165) is 28.1 Å². The van der Waals surface area contributed by atoms with Crippen molar-refractivity contribution in [2.24, 2.45) is 0 Å². The van der Waals surface area contributed by atoms with Crippen LogP contribution in [0.3, 0.4) is 0 Å². The molecule has 0 fully saturated rings. The molecule has 0 spiro atoms. The third-order valence-corrected chi connectivity index (χ3v) is 3.42. The minimum Gasteiger partial charge on any atom is -0.362 e. The van der Waals surface area contributed by atoms with Crippen molar-refractivity contribution in [2.75, 3.05) is 0 Å². The zero-order chi connectivity index (χ0) is 15.0. The first kappa shape index (κ1) is 13.1. The molecule has 2 aromatic heterocycles. The number of hydrogen-bond donors (Lipinski definition) is 1. The van der Waals surface area contributed by atoms with Gasteiger partial charge < -0.3 is 9.51 Å². The standard InChI is InChI=1S/C16H14N4O/c1-9-14(13-6-4-12(8-17)5-7-13)15(10(2)18-9)16-19-11(3)20-21-16/h4-7,18H,1-3H3. The Hall–Kier alpha value is -2.87. The van der Waals surface area contributed by atoms with E-state index >= 15 is 0 Å². The van der Waals surface area contributed by atoms with Crippen molar-refractivity contribution in [3.8, 4) is 28.7 Å². The molecule has 0 amide bonds. The lowest BCUT2D eigenvalue weighted by atomic mass is 9.99. The van der Waals surface area contributed by atoms with Gasteiger partial charge in [0.15, 0.2) is 5.82 Å². The summed E-state index contributed by atoms with van der Waals surface area (Å²) in [6.07, 6.45) is 0. The van der Waals surface area contributed by atoms with Crippen LogP contribution in [0.15, 0.2) is 28.8 Å². The van der Waals surface area contributed by atoms with E-state index < -0.39 is 0 Å². The Balaban J connectivity index is 2.20. The molecule has 0 saturated carbocycles. The monoisotopic (exact) mass is 278 g/mol. The molecule has 0 saturated heterocycles. The summed E-state index contributed by atoms with van der Waals surface area (Å²) in [5.74, 6) is 1.11. The molecule has 3 aromatic rings. The Labute approximate surface area is 122 Å². The Morgan fingerprint density at radius 3 is 2.29 bits per heavy atom. The zero-order valence-electron chi connectivity index (χ0n) is 12.1. The first-order valence-electron chi connectivity index (χ1n) is 6.60. The van der Waals surface area contributed by atoms with Crippen LogP contribution >= 0.6 is 0 Å². The van der Waals surface area contributed by atoms with E-state index in [4.69, 9.17) is 9.78 Å². The van der Waals surface area contributed by atoms with Crippen molar-refractivity contribution in [1.82, 2.24) is 15.1 Å². The maximum atomic E-state index is 8.90. The van der Waals surface area contributed by atoms with Gasteiger partial charge in [0.25, 0.3) is 5.89 Å². The Kier molecular flexibility index (Phi) is 3.07. The molecule has 0 unspecified atom stereocenters. The summed E-state index contributed by atoms with van der Waals surface area (Å²) in [4.78, 5) is 7.64. The molecule has 2 heterocycles. The van der Waals surface area contributed by atoms with Crippen LogP contribution in [0.1, 0.15) is 22.8 Å². The Morgan fingerprint density at radius 2 is 1.71 bits per heavy atom. The molecule has 0 atom stereocenters. The molecule has 21 heavy (non-hydrogen) atoms. The highest BCUT2D eigenvalue weighted by molar-refractivity contribution is 5.84. The summed E-state index contributed by atoms with van der Waals surface area (Å²) in [6, 6.07) is 9.60. The van der Waals surface area contributed by atoms with Crippen LogP contribution in [-0.2, 0) is 0 Å². The van der Waals surface area contributed by atoms with Gasteiger partial charge in [-0.15, -0.1) is 0 Å². The normalized spacial score (nSPS) is 10.6. The predicted molar refractivity (Wildman–Crippen MR) is 78.4 cm³/mol. The quantitative estimate of drug-likeness (QED) is 0.777. The van der Waals surface area contributed by atoms with Crippen LogP contribution in [0.5, 0.6) is 0 Å². The van der Waals surface area contributed by atoms with Crippen LogP contribution in [0, 0.1) is 32.1 Å². The van der Waals surface area contributed by atoms with E-state index in [2.05, 4.69) is 21.2 Å². The van der Waals surface area contributed by atoms with Crippen molar-refractivity contribution in [1.29, 1.82) is 5.26 Å². The Bertz CT molecular complexity index is 834. The van der Waals surface area contributed by atoms with E-state index in [0.29, 0.717) is 17.3 Å². The van der Waals surface area contributed by atoms with Crippen LogP contribution < -0.4 is 0 Å². The van der Waals surface area contributed by atoms with Crippen molar-refractivity contribution in [3.63, 3.8) is 0 Å². The second kappa shape index (κ2) is 4.91. The molecular formula is C16H14N4O. The lowest BCUT2D eigenvalue weighted by Gasteiger charge is -2.04. The lowest BCUT2D eigenvalue weighted by Crippen LogP contribution is -1.85. The molecule has 0 aliphatic rings. The van der Waals surface area contributed by atoms with E-state index in [1.165, 1.54) is 0 Å². The molecule has 5 heteroatoms. The minimum atomic E-state index is 0.508. The highest BCUT2D eigenvalue weighted by Gasteiger charge is 2.20. The average molecular weight is 278 g/mol. The van der Waals surface area contributed by atoms with Gasteiger partial charge in [0, 0.05) is 17.0 Å². The predicted octanol–water partition coefficient (Wildman–Crippen LogP) is 3.53. The summed E-state index contributed by atoms with van der Waals surface area (Å²) < 4.78 is 5.32. The number of nitrogens with zero attached hydrogens (tertiary/aromatic N) is 3. The van der Waals surface area contributed by atoms with Crippen LogP contribution in [0.2, 0.25) is 0 Å². The van der Waals surface area contributed by atoms with Gasteiger partial charge in [0.05, 0.1) is 17.2 Å². The van der Waals surface area contributed by atoms with Crippen LogP contribution in [0.25, 0.3) is 22.6 Å². The van der Waals surface area contributed by atoms with Crippen molar-refractivity contribution in [2.45, 2.75) is 20.8 Å². The summed E-state index contributed by atoms with van der Waals surface area (Å²) in [6.45, 7) is 5.78. The fourth-order valence-corrected chi connectivity index (χ4v) is 2.52. The highest BCUT2D eigenvalue weighted by atomic mass is 16.5. The van der Waals surface area contributed by atoms with Crippen LogP contribution in [0.4, 0.5) is 0 Å². The molecular weight excluding hydrogens is 264 g/mol.